The largest absolute Gasteiger partial charge is 0.467 e. The second-order valence-electron chi connectivity index (χ2n) is 5.44. The van der Waals surface area contributed by atoms with Crippen molar-refractivity contribution in [3.05, 3.63) is 71.5 Å². The summed E-state index contributed by atoms with van der Waals surface area (Å²) in [6.07, 6.45) is -0.661. The van der Waals surface area contributed by atoms with Gasteiger partial charge in [-0.15, -0.1) is 0 Å². The molecule has 0 fully saturated rings. The van der Waals surface area contributed by atoms with Crippen LogP contribution in [0.3, 0.4) is 0 Å². The third kappa shape index (κ3) is 5.12. The molecule has 6 heteroatoms. The molecular formula is C19H20FNO4. The van der Waals surface area contributed by atoms with Crippen molar-refractivity contribution in [2.24, 2.45) is 0 Å². The second kappa shape index (κ2) is 8.94. The molecule has 1 amide bonds. The van der Waals surface area contributed by atoms with Crippen LogP contribution in [0.5, 0.6) is 0 Å². The number of hydrogen-bond acceptors (Lipinski definition) is 4. The number of benzene rings is 2. The first-order valence-corrected chi connectivity index (χ1v) is 7.75. The zero-order chi connectivity index (χ0) is 18.2. The molecule has 2 aromatic carbocycles. The summed E-state index contributed by atoms with van der Waals surface area (Å²) >= 11 is 0. The number of methoxy groups -OCH3 is 2. The normalized spacial score (nSPS) is 12.9. The maximum atomic E-state index is 13.0. The molecule has 2 atom stereocenters. The molecule has 1 N–H and O–H groups in total. The van der Waals surface area contributed by atoms with Crippen molar-refractivity contribution >= 4 is 11.9 Å². The van der Waals surface area contributed by atoms with E-state index in [0.717, 1.165) is 0 Å². The lowest BCUT2D eigenvalue weighted by Crippen LogP contribution is -2.45. The van der Waals surface area contributed by atoms with Gasteiger partial charge in [0.2, 0.25) is 0 Å². The molecule has 0 aliphatic rings. The quantitative estimate of drug-likeness (QED) is 0.783. The molecule has 0 aliphatic heterocycles. The van der Waals surface area contributed by atoms with Crippen molar-refractivity contribution < 1.29 is 23.5 Å². The average molecular weight is 345 g/mol. The molecular weight excluding hydrogens is 325 g/mol. The maximum Gasteiger partial charge on any atom is 0.328 e. The number of hydrogen-bond donors (Lipinski definition) is 1. The predicted molar refractivity (Wildman–Crippen MR) is 90.2 cm³/mol. The standard InChI is InChI=1S/C19H20FNO4/c1-24-17(14-6-4-3-5-7-14)18(22)21-16(19(23)25-2)12-13-8-10-15(20)11-9-13/h3-11,16-17H,12H2,1-2H3,(H,21,22)/t16-,17+/m0/s1. The number of esters is 1. The van der Waals surface area contributed by atoms with Crippen molar-refractivity contribution in [2.45, 2.75) is 18.6 Å². The van der Waals surface area contributed by atoms with Crippen LogP contribution in [-0.2, 0) is 25.5 Å². The van der Waals surface area contributed by atoms with E-state index in [2.05, 4.69) is 5.32 Å². The van der Waals surface area contributed by atoms with E-state index in [1.54, 1.807) is 36.4 Å². The summed E-state index contributed by atoms with van der Waals surface area (Å²) in [4.78, 5) is 24.6. The molecule has 0 unspecified atom stereocenters. The number of rotatable bonds is 7. The van der Waals surface area contributed by atoms with Gasteiger partial charge in [-0.1, -0.05) is 42.5 Å². The molecule has 0 aliphatic carbocycles. The SMILES string of the molecule is COC(=O)[C@H](Cc1ccc(F)cc1)NC(=O)[C@H](OC)c1ccccc1. The zero-order valence-corrected chi connectivity index (χ0v) is 14.1. The molecule has 2 rings (SSSR count). The van der Waals surface area contributed by atoms with Gasteiger partial charge in [-0.2, -0.15) is 0 Å². The molecule has 0 bridgehead atoms. The van der Waals surface area contributed by atoms with Crippen LogP contribution in [0.25, 0.3) is 0 Å². The van der Waals surface area contributed by atoms with Crippen LogP contribution < -0.4 is 5.32 Å². The van der Waals surface area contributed by atoms with Gasteiger partial charge in [0.25, 0.3) is 5.91 Å². The summed E-state index contributed by atoms with van der Waals surface area (Å²) in [6, 6.07) is 13.8. The smallest absolute Gasteiger partial charge is 0.328 e. The number of carbonyl (C=O) groups is 2. The number of carbonyl (C=O) groups excluding carboxylic acids is 2. The van der Waals surface area contributed by atoms with Gasteiger partial charge in [0.1, 0.15) is 11.9 Å². The van der Waals surface area contributed by atoms with Crippen LogP contribution in [-0.4, -0.2) is 32.1 Å². The fourth-order valence-electron chi connectivity index (χ4n) is 2.46. The van der Waals surface area contributed by atoms with Crippen LogP contribution in [0.1, 0.15) is 17.2 Å². The molecule has 132 valence electrons. The zero-order valence-electron chi connectivity index (χ0n) is 14.1. The fourth-order valence-corrected chi connectivity index (χ4v) is 2.46. The summed E-state index contributed by atoms with van der Waals surface area (Å²) in [5, 5.41) is 2.65. The van der Waals surface area contributed by atoms with Crippen LogP contribution in [0.2, 0.25) is 0 Å². The molecule has 0 saturated heterocycles. The highest BCUT2D eigenvalue weighted by atomic mass is 19.1. The molecule has 0 heterocycles. The van der Waals surface area contributed by atoms with Crippen molar-refractivity contribution in [1.82, 2.24) is 5.32 Å². The minimum atomic E-state index is -0.899. The Morgan fingerprint density at radius 2 is 1.68 bits per heavy atom. The summed E-state index contributed by atoms with van der Waals surface area (Å²) in [6.45, 7) is 0. The Morgan fingerprint density at radius 1 is 1.04 bits per heavy atom. The van der Waals surface area contributed by atoms with E-state index in [4.69, 9.17) is 9.47 Å². The first kappa shape index (κ1) is 18.6. The Kier molecular flexibility index (Phi) is 6.65. The van der Waals surface area contributed by atoms with Gasteiger partial charge in [-0.3, -0.25) is 4.79 Å². The Bertz CT molecular complexity index is 703. The number of halogens is 1. The topological polar surface area (TPSA) is 64.6 Å². The molecule has 25 heavy (non-hydrogen) atoms. The highest BCUT2D eigenvalue weighted by Gasteiger charge is 2.27. The summed E-state index contributed by atoms with van der Waals surface area (Å²) in [7, 11) is 2.67. The summed E-state index contributed by atoms with van der Waals surface area (Å²) in [5.41, 5.74) is 1.37. The van der Waals surface area contributed by atoms with Crippen molar-refractivity contribution in [3.8, 4) is 0 Å². The summed E-state index contributed by atoms with van der Waals surface area (Å²) < 4.78 is 23.0. The molecule has 0 saturated carbocycles. The van der Waals surface area contributed by atoms with E-state index < -0.39 is 24.0 Å². The minimum Gasteiger partial charge on any atom is -0.467 e. The summed E-state index contributed by atoms with van der Waals surface area (Å²) in [5.74, 6) is -1.40. The van der Waals surface area contributed by atoms with Crippen LogP contribution in [0.4, 0.5) is 4.39 Å². The first-order chi connectivity index (χ1) is 12.0. The third-order valence-corrected chi connectivity index (χ3v) is 3.73. The van der Waals surface area contributed by atoms with Crippen molar-refractivity contribution in [2.75, 3.05) is 14.2 Å². The fraction of sp³-hybridized carbons (Fsp3) is 0.263. The van der Waals surface area contributed by atoms with E-state index in [1.165, 1.54) is 26.4 Å². The maximum absolute atomic E-state index is 13.0. The Balaban J connectivity index is 2.13. The van der Waals surface area contributed by atoms with Crippen molar-refractivity contribution in [1.29, 1.82) is 0 Å². The average Bonchev–Trinajstić information content (AvgIpc) is 2.64. The van der Waals surface area contributed by atoms with Gasteiger partial charge in [0.15, 0.2) is 6.10 Å². The lowest BCUT2D eigenvalue weighted by Gasteiger charge is -2.21. The minimum absolute atomic E-state index is 0.184. The molecule has 0 radical (unpaired) electrons. The van der Waals surface area contributed by atoms with Gasteiger partial charge in [0.05, 0.1) is 7.11 Å². The van der Waals surface area contributed by atoms with E-state index in [1.807, 2.05) is 6.07 Å². The predicted octanol–water partition coefficient (Wildman–Crippen LogP) is 2.41. The van der Waals surface area contributed by atoms with Gasteiger partial charge in [0, 0.05) is 13.5 Å². The van der Waals surface area contributed by atoms with Crippen molar-refractivity contribution in [3.63, 3.8) is 0 Å². The van der Waals surface area contributed by atoms with Gasteiger partial charge in [-0.25, -0.2) is 9.18 Å². The molecule has 0 spiro atoms. The first-order valence-electron chi connectivity index (χ1n) is 7.75. The van der Waals surface area contributed by atoms with Crippen LogP contribution >= 0.6 is 0 Å². The Labute approximate surface area is 145 Å². The monoisotopic (exact) mass is 345 g/mol. The molecule has 2 aromatic rings. The number of nitrogens with one attached hydrogen (secondary N) is 1. The Morgan fingerprint density at radius 3 is 2.24 bits per heavy atom. The highest BCUT2D eigenvalue weighted by molar-refractivity contribution is 5.87. The van der Waals surface area contributed by atoms with Crippen LogP contribution in [0, 0.1) is 5.82 Å². The van der Waals surface area contributed by atoms with Gasteiger partial charge >= 0.3 is 5.97 Å². The van der Waals surface area contributed by atoms with Gasteiger partial charge < -0.3 is 14.8 Å². The lowest BCUT2D eigenvalue weighted by molar-refractivity contribution is -0.146. The van der Waals surface area contributed by atoms with E-state index in [0.29, 0.717) is 11.1 Å². The van der Waals surface area contributed by atoms with Gasteiger partial charge in [-0.05, 0) is 23.3 Å². The Hall–Kier alpha value is -2.73. The highest BCUT2D eigenvalue weighted by Crippen LogP contribution is 2.17. The lowest BCUT2D eigenvalue weighted by atomic mass is 10.0. The number of ether oxygens (including phenoxy) is 2. The van der Waals surface area contributed by atoms with Crippen LogP contribution in [0.15, 0.2) is 54.6 Å². The van der Waals surface area contributed by atoms with E-state index in [-0.39, 0.29) is 12.2 Å². The second-order valence-corrected chi connectivity index (χ2v) is 5.44. The third-order valence-electron chi connectivity index (χ3n) is 3.73. The van der Waals surface area contributed by atoms with E-state index in [9.17, 15) is 14.0 Å². The molecule has 0 aromatic heterocycles. The van der Waals surface area contributed by atoms with E-state index >= 15 is 0 Å². The number of amides is 1. The molecule has 5 nitrogen and oxygen atoms in total.